The molecule has 0 fully saturated rings. The molecule has 1 aromatic heterocycles. The van der Waals surface area contributed by atoms with Gasteiger partial charge in [0.1, 0.15) is 5.82 Å². The molecule has 0 aliphatic rings. The SMILES string of the molecule is CC(C)COc1ccc(-c2ccc(NS(=O)(=O)c3ccc(F)c(C(F)(F)F)c3)cc2)nn1. The summed E-state index contributed by atoms with van der Waals surface area (Å²) < 4.78 is 84.6. The Labute approximate surface area is 182 Å². The molecule has 0 radical (unpaired) electrons. The van der Waals surface area contributed by atoms with Crippen LogP contribution in [0.15, 0.2) is 59.5 Å². The molecule has 6 nitrogen and oxygen atoms in total. The van der Waals surface area contributed by atoms with E-state index in [1.165, 1.54) is 12.1 Å². The van der Waals surface area contributed by atoms with E-state index < -0.39 is 32.5 Å². The van der Waals surface area contributed by atoms with Crippen LogP contribution in [0.2, 0.25) is 0 Å². The van der Waals surface area contributed by atoms with E-state index in [1.807, 2.05) is 13.8 Å². The Kier molecular flexibility index (Phi) is 6.68. The molecule has 0 saturated heterocycles. The van der Waals surface area contributed by atoms with Gasteiger partial charge in [-0.3, -0.25) is 4.72 Å². The third-order valence-corrected chi connectivity index (χ3v) is 5.57. The molecular weight excluding hydrogens is 450 g/mol. The Morgan fingerprint density at radius 1 is 1.00 bits per heavy atom. The summed E-state index contributed by atoms with van der Waals surface area (Å²) in [6.07, 6.45) is -5.02. The highest BCUT2D eigenvalue weighted by molar-refractivity contribution is 7.92. The van der Waals surface area contributed by atoms with Crippen LogP contribution in [0, 0.1) is 11.7 Å². The number of hydrogen-bond donors (Lipinski definition) is 1. The molecule has 1 N–H and O–H groups in total. The molecule has 0 atom stereocenters. The zero-order valence-corrected chi connectivity index (χ0v) is 17.8. The van der Waals surface area contributed by atoms with Crippen molar-refractivity contribution in [2.45, 2.75) is 24.9 Å². The summed E-state index contributed by atoms with van der Waals surface area (Å²) >= 11 is 0. The number of hydrogen-bond acceptors (Lipinski definition) is 5. The van der Waals surface area contributed by atoms with Gasteiger partial charge in [0.15, 0.2) is 0 Å². The normalized spacial score (nSPS) is 12.1. The standard InChI is InChI=1S/C21H19F4N3O3S/c1-13(2)12-31-20-10-9-19(26-27-20)14-3-5-15(6-4-14)28-32(29,30)16-7-8-18(22)17(11-16)21(23,24)25/h3-11,13,28H,12H2,1-2H3. The summed E-state index contributed by atoms with van der Waals surface area (Å²) in [6.45, 7) is 4.51. The van der Waals surface area contributed by atoms with Gasteiger partial charge >= 0.3 is 6.18 Å². The molecule has 0 bridgehead atoms. The molecule has 0 saturated carbocycles. The summed E-state index contributed by atoms with van der Waals surface area (Å²) in [5, 5.41) is 8.04. The van der Waals surface area contributed by atoms with E-state index in [-0.39, 0.29) is 11.8 Å². The van der Waals surface area contributed by atoms with Gasteiger partial charge < -0.3 is 4.74 Å². The van der Waals surface area contributed by atoms with E-state index in [2.05, 4.69) is 14.9 Å². The van der Waals surface area contributed by atoms with Crippen LogP contribution in [0.3, 0.4) is 0 Å². The second-order valence-corrected chi connectivity index (χ2v) is 8.97. The van der Waals surface area contributed by atoms with Crippen LogP contribution < -0.4 is 9.46 Å². The number of ether oxygens (including phenoxy) is 1. The molecule has 0 aliphatic heterocycles. The average Bonchev–Trinajstić information content (AvgIpc) is 2.72. The van der Waals surface area contributed by atoms with Crippen LogP contribution in [-0.2, 0) is 16.2 Å². The minimum Gasteiger partial charge on any atom is -0.476 e. The van der Waals surface area contributed by atoms with Crippen molar-refractivity contribution in [3.63, 3.8) is 0 Å². The number of benzene rings is 2. The van der Waals surface area contributed by atoms with Gasteiger partial charge in [-0.15, -0.1) is 10.2 Å². The van der Waals surface area contributed by atoms with Gasteiger partial charge in [-0.2, -0.15) is 13.2 Å². The van der Waals surface area contributed by atoms with Crippen LogP contribution in [0.5, 0.6) is 5.88 Å². The van der Waals surface area contributed by atoms with E-state index in [1.54, 1.807) is 24.3 Å². The predicted molar refractivity (Wildman–Crippen MR) is 110 cm³/mol. The maximum absolute atomic E-state index is 13.4. The van der Waals surface area contributed by atoms with Crippen molar-refractivity contribution < 1.29 is 30.7 Å². The number of rotatable bonds is 7. The lowest BCUT2D eigenvalue weighted by Gasteiger charge is -2.12. The van der Waals surface area contributed by atoms with Crippen molar-refractivity contribution in [3.8, 4) is 17.1 Å². The number of nitrogens with zero attached hydrogens (tertiary/aromatic N) is 2. The third kappa shape index (κ3) is 5.72. The third-order valence-electron chi connectivity index (χ3n) is 4.19. The summed E-state index contributed by atoms with van der Waals surface area (Å²) in [7, 11) is -4.37. The van der Waals surface area contributed by atoms with Crippen molar-refractivity contribution in [3.05, 3.63) is 66.0 Å². The first-order valence-electron chi connectivity index (χ1n) is 9.42. The minimum atomic E-state index is -5.02. The Morgan fingerprint density at radius 3 is 2.25 bits per heavy atom. The molecular formula is C21H19F4N3O3S. The van der Waals surface area contributed by atoms with Gasteiger partial charge in [0, 0.05) is 17.3 Å². The lowest BCUT2D eigenvalue weighted by atomic mass is 10.1. The highest BCUT2D eigenvalue weighted by atomic mass is 32.2. The predicted octanol–water partition coefficient (Wildman–Crippen LogP) is 5.14. The zero-order valence-electron chi connectivity index (χ0n) is 17.0. The number of alkyl halides is 3. The summed E-state index contributed by atoms with van der Waals surface area (Å²) in [6, 6.07) is 10.8. The molecule has 170 valence electrons. The fourth-order valence-electron chi connectivity index (χ4n) is 2.61. The van der Waals surface area contributed by atoms with Crippen molar-refractivity contribution in [2.24, 2.45) is 5.92 Å². The first-order valence-corrected chi connectivity index (χ1v) is 10.9. The van der Waals surface area contributed by atoms with E-state index in [0.717, 1.165) is 6.07 Å². The number of sulfonamides is 1. The lowest BCUT2D eigenvalue weighted by Crippen LogP contribution is -2.15. The van der Waals surface area contributed by atoms with E-state index >= 15 is 0 Å². The monoisotopic (exact) mass is 469 g/mol. The summed E-state index contributed by atoms with van der Waals surface area (Å²) in [4.78, 5) is -0.710. The fraction of sp³-hybridized carbons (Fsp3) is 0.238. The van der Waals surface area contributed by atoms with Crippen LogP contribution >= 0.6 is 0 Å². The molecule has 0 amide bonds. The molecule has 3 aromatic rings. The maximum atomic E-state index is 13.4. The highest BCUT2D eigenvalue weighted by Gasteiger charge is 2.35. The van der Waals surface area contributed by atoms with Crippen LogP contribution in [0.1, 0.15) is 19.4 Å². The first kappa shape index (κ1) is 23.5. The van der Waals surface area contributed by atoms with Crippen molar-refractivity contribution in [1.82, 2.24) is 10.2 Å². The lowest BCUT2D eigenvalue weighted by molar-refractivity contribution is -0.140. The smallest absolute Gasteiger partial charge is 0.419 e. The topological polar surface area (TPSA) is 81.2 Å². The highest BCUT2D eigenvalue weighted by Crippen LogP contribution is 2.33. The molecule has 0 spiro atoms. The Hall–Kier alpha value is -3.21. The number of nitrogens with one attached hydrogen (secondary N) is 1. The minimum absolute atomic E-state index is 0.108. The molecule has 1 heterocycles. The first-order chi connectivity index (χ1) is 15.0. The van der Waals surface area contributed by atoms with Gasteiger partial charge in [-0.1, -0.05) is 26.0 Å². The average molecular weight is 469 g/mol. The summed E-state index contributed by atoms with van der Waals surface area (Å²) in [5.41, 5.74) is -0.395. The Balaban J connectivity index is 1.75. The molecule has 0 unspecified atom stereocenters. The molecule has 2 aromatic carbocycles. The van der Waals surface area contributed by atoms with Crippen molar-refractivity contribution in [2.75, 3.05) is 11.3 Å². The maximum Gasteiger partial charge on any atom is 0.419 e. The van der Waals surface area contributed by atoms with Gasteiger partial charge in [-0.25, -0.2) is 12.8 Å². The van der Waals surface area contributed by atoms with Crippen LogP contribution in [-0.4, -0.2) is 25.2 Å². The van der Waals surface area contributed by atoms with E-state index in [4.69, 9.17) is 4.74 Å². The van der Waals surface area contributed by atoms with Crippen LogP contribution in [0.4, 0.5) is 23.2 Å². The van der Waals surface area contributed by atoms with Crippen LogP contribution in [0.25, 0.3) is 11.3 Å². The number of aromatic nitrogens is 2. The Bertz CT molecular complexity index is 1180. The van der Waals surface area contributed by atoms with Gasteiger partial charge in [0.2, 0.25) is 5.88 Å². The second-order valence-electron chi connectivity index (χ2n) is 7.28. The number of halogens is 4. The quantitative estimate of drug-likeness (QED) is 0.485. The molecule has 0 aliphatic carbocycles. The summed E-state index contributed by atoms with van der Waals surface area (Å²) in [5.74, 6) is -0.838. The Morgan fingerprint density at radius 2 is 1.69 bits per heavy atom. The second kappa shape index (κ2) is 9.11. The van der Waals surface area contributed by atoms with Gasteiger partial charge in [0.25, 0.3) is 10.0 Å². The largest absolute Gasteiger partial charge is 0.476 e. The van der Waals surface area contributed by atoms with Crippen molar-refractivity contribution in [1.29, 1.82) is 0 Å². The van der Waals surface area contributed by atoms with E-state index in [9.17, 15) is 26.0 Å². The fourth-order valence-corrected chi connectivity index (χ4v) is 3.70. The molecule has 11 heteroatoms. The van der Waals surface area contributed by atoms with E-state index in [0.29, 0.717) is 35.7 Å². The number of anilines is 1. The van der Waals surface area contributed by atoms with Gasteiger partial charge in [-0.05, 0) is 42.3 Å². The molecule has 32 heavy (non-hydrogen) atoms. The van der Waals surface area contributed by atoms with Gasteiger partial charge in [0.05, 0.1) is 22.8 Å². The zero-order chi connectivity index (χ0) is 23.5. The van der Waals surface area contributed by atoms with Crippen molar-refractivity contribution >= 4 is 15.7 Å². The molecule has 3 rings (SSSR count).